The third-order valence-electron chi connectivity index (χ3n) is 2.79. The molecule has 19 heavy (non-hydrogen) atoms. The lowest BCUT2D eigenvalue weighted by molar-refractivity contribution is -0.141. The number of anilines is 1. The van der Waals surface area contributed by atoms with Crippen LogP contribution in [0.3, 0.4) is 0 Å². The van der Waals surface area contributed by atoms with Crippen LogP contribution >= 0.6 is 0 Å². The summed E-state index contributed by atoms with van der Waals surface area (Å²) in [5.74, 6) is -1.74. The number of nitrogens with one attached hydrogen (secondary N) is 1. The maximum atomic E-state index is 11.2. The molecular formula is C11H13N3O5. The quantitative estimate of drug-likeness (QED) is 0.720. The second-order valence-electron chi connectivity index (χ2n) is 4.03. The minimum Gasteiger partial charge on any atom is -0.481 e. The Labute approximate surface area is 108 Å². The lowest BCUT2D eigenvalue weighted by Crippen LogP contribution is -2.33. The van der Waals surface area contributed by atoms with Crippen LogP contribution in [-0.2, 0) is 14.3 Å². The van der Waals surface area contributed by atoms with Crippen LogP contribution in [0.15, 0.2) is 12.1 Å². The van der Waals surface area contributed by atoms with Gasteiger partial charge in [-0.1, -0.05) is 0 Å². The average molecular weight is 267 g/mol. The fourth-order valence-electron chi connectivity index (χ4n) is 1.75. The SMILES string of the molecule is COC(=O)c1ccc(NC2COCC2C(=O)O)nn1. The van der Waals surface area contributed by atoms with Crippen LogP contribution in [0, 0.1) is 5.92 Å². The Morgan fingerprint density at radius 1 is 1.42 bits per heavy atom. The van der Waals surface area contributed by atoms with E-state index in [-0.39, 0.29) is 24.9 Å². The predicted octanol–water partition coefficient (Wildman–Crippen LogP) is -0.225. The highest BCUT2D eigenvalue weighted by Gasteiger charge is 2.34. The molecule has 0 radical (unpaired) electrons. The zero-order chi connectivity index (χ0) is 13.8. The van der Waals surface area contributed by atoms with E-state index in [1.54, 1.807) is 0 Å². The van der Waals surface area contributed by atoms with Crippen LogP contribution in [0.5, 0.6) is 0 Å². The molecule has 1 aliphatic heterocycles. The van der Waals surface area contributed by atoms with Gasteiger partial charge in [0, 0.05) is 0 Å². The van der Waals surface area contributed by atoms with E-state index in [1.165, 1.54) is 19.2 Å². The molecule has 8 nitrogen and oxygen atoms in total. The van der Waals surface area contributed by atoms with Gasteiger partial charge >= 0.3 is 11.9 Å². The molecule has 1 fully saturated rings. The molecule has 0 spiro atoms. The first-order valence-electron chi connectivity index (χ1n) is 5.61. The number of carboxylic acids is 1. The zero-order valence-corrected chi connectivity index (χ0v) is 10.2. The van der Waals surface area contributed by atoms with Crippen LogP contribution in [-0.4, -0.2) is 53.6 Å². The van der Waals surface area contributed by atoms with Crippen molar-refractivity contribution in [3.63, 3.8) is 0 Å². The summed E-state index contributed by atoms with van der Waals surface area (Å²) in [5.41, 5.74) is 0.0884. The molecule has 102 valence electrons. The Hall–Kier alpha value is -2.22. The Morgan fingerprint density at radius 3 is 2.79 bits per heavy atom. The van der Waals surface area contributed by atoms with E-state index in [0.29, 0.717) is 5.82 Å². The number of hydrogen-bond acceptors (Lipinski definition) is 7. The van der Waals surface area contributed by atoms with Gasteiger partial charge in [-0.2, -0.15) is 0 Å². The first kappa shape index (κ1) is 13.2. The third kappa shape index (κ3) is 2.97. The molecule has 2 atom stereocenters. The third-order valence-corrected chi connectivity index (χ3v) is 2.79. The molecule has 2 heterocycles. The van der Waals surface area contributed by atoms with Gasteiger partial charge in [0.1, 0.15) is 11.7 Å². The highest BCUT2D eigenvalue weighted by molar-refractivity contribution is 5.87. The summed E-state index contributed by atoms with van der Waals surface area (Å²) in [6, 6.07) is 2.62. The molecule has 0 saturated carbocycles. The van der Waals surface area contributed by atoms with Gasteiger partial charge in [0.15, 0.2) is 5.69 Å². The highest BCUT2D eigenvalue weighted by Crippen LogP contribution is 2.18. The van der Waals surface area contributed by atoms with Gasteiger partial charge in [-0.25, -0.2) is 4.79 Å². The van der Waals surface area contributed by atoms with Crippen molar-refractivity contribution in [1.82, 2.24) is 10.2 Å². The van der Waals surface area contributed by atoms with E-state index in [4.69, 9.17) is 9.84 Å². The number of rotatable bonds is 4. The van der Waals surface area contributed by atoms with Crippen LogP contribution in [0.25, 0.3) is 0 Å². The number of hydrogen-bond donors (Lipinski definition) is 2. The van der Waals surface area contributed by atoms with Crippen LogP contribution < -0.4 is 5.32 Å². The number of nitrogens with zero attached hydrogens (tertiary/aromatic N) is 2. The van der Waals surface area contributed by atoms with Gasteiger partial charge < -0.3 is 19.9 Å². The Kier molecular flexibility index (Phi) is 3.91. The second-order valence-corrected chi connectivity index (χ2v) is 4.03. The first-order valence-corrected chi connectivity index (χ1v) is 5.61. The summed E-state index contributed by atoms with van der Waals surface area (Å²) in [6.45, 7) is 0.456. The number of carbonyl (C=O) groups is 2. The molecule has 1 aliphatic rings. The summed E-state index contributed by atoms with van der Waals surface area (Å²) in [4.78, 5) is 22.1. The molecule has 2 N–H and O–H groups in total. The van der Waals surface area contributed by atoms with E-state index in [1.807, 2.05) is 0 Å². The summed E-state index contributed by atoms with van der Waals surface area (Å²) in [7, 11) is 1.25. The van der Waals surface area contributed by atoms with Crippen molar-refractivity contribution in [2.75, 3.05) is 25.6 Å². The average Bonchev–Trinajstić information content (AvgIpc) is 2.87. The summed E-state index contributed by atoms with van der Waals surface area (Å²) in [5, 5.41) is 19.4. The van der Waals surface area contributed by atoms with Crippen molar-refractivity contribution < 1.29 is 24.2 Å². The molecule has 1 saturated heterocycles. The molecule has 0 bridgehead atoms. The van der Waals surface area contributed by atoms with Crippen LogP contribution in [0.1, 0.15) is 10.5 Å². The van der Waals surface area contributed by atoms with Gasteiger partial charge in [0.25, 0.3) is 0 Å². The maximum Gasteiger partial charge on any atom is 0.358 e. The summed E-state index contributed by atoms with van der Waals surface area (Å²) < 4.78 is 9.62. The number of esters is 1. The van der Waals surface area contributed by atoms with Crippen LogP contribution in [0.4, 0.5) is 5.82 Å². The molecule has 0 aliphatic carbocycles. The number of ether oxygens (including phenoxy) is 2. The molecule has 8 heteroatoms. The first-order chi connectivity index (χ1) is 9.11. The fraction of sp³-hybridized carbons (Fsp3) is 0.455. The molecular weight excluding hydrogens is 254 g/mol. The molecule has 0 aromatic carbocycles. The summed E-state index contributed by atoms with van der Waals surface area (Å²) >= 11 is 0. The van der Waals surface area contributed by atoms with Gasteiger partial charge in [-0.15, -0.1) is 10.2 Å². The zero-order valence-electron chi connectivity index (χ0n) is 10.2. The maximum absolute atomic E-state index is 11.2. The second kappa shape index (κ2) is 5.61. The Morgan fingerprint density at radius 2 is 2.21 bits per heavy atom. The van der Waals surface area contributed by atoms with Gasteiger partial charge in [0.2, 0.25) is 0 Å². The topological polar surface area (TPSA) is 111 Å². The minimum atomic E-state index is -0.922. The van der Waals surface area contributed by atoms with Gasteiger partial charge in [-0.3, -0.25) is 4.79 Å². The standard InChI is InChI=1S/C11H13N3O5/c1-18-11(17)7-2-3-9(14-13-7)12-8-5-19-4-6(8)10(15)16/h2-3,6,8H,4-5H2,1H3,(H,12,14)(H,15,16). The Bertz CT molecular complexity index is 476. The number of aromatic nitrogens is 2. The van der Waals surface area contributed by atoms with Crippen molar-refractivity contribution in [2.24, 2.45) is 5.92 Å². The number of methoxy groups -OCH3 is 1. The molecule has 1 aromatic heterocycles. The predicted molar refractivity (Wildman–Crippen MR) is 62.7 cm³/mol. The van der Waals surface area contributed by atoms with E-state index in [9.17, 15) is 9.59 Å². The van der Waals surface area contributed by atoms with Gasteiger partial charge in [-0.05, 0) is 12.1 Å². The summed E-state index contributed by atoms with van der Waals surface area (Å²) in [6.07, 6.45) is 0. The largest absolute Gasteiger partial charge is 0.481 e. The van der Waals surface area contributed by atoms with Crippen molar-refractivity contribution in [3.8, 4) is 0 Å². The lowest BCUT2D eigenvalue weighted by Gasteiger charge is -2.15. The lowest BCUT2D eigenvalue weighted by atomic mass is 10.0. The van der Waals surface area contributed by atoms with Crippen molar-refractivity contribution in [3.05, 3.63) is 17.8 Å². The van der Waals surface area contributed by atoms with E-state index < -0.39 is 17.9 Å². The van der Waals surface area contributed by atoms with E-state index >= 15 is 0 Å². The van der Waals surface area contributed by atoms with Crippen molar-refractivity contribution in [2.45, 2.75) is 6.04 Å². The van der Waals surface area contributed by atoms with E-state index in [2.05, 4.69) is 20.3 Å². The number of carboxylic acid groups (broad SMARTS) is 1. The normalized spacial score (nSPS) is 21.9. The molecule has 1 aromatic rings. The van der Waals surface area contributed by atoms with Crippen molar-refractivity contribution >= 4 is 17.8 Å². The fourth-order valence-corrected chi connectivity index (χ4v) is 1.75. The molecule has 0 amide bonds. The van der Waals surface area contributed by atoms with Crippen molar-refractivity contribution in [1.29, 1.82) is 0 Å². The number of aliphatic carboxylic acids is 1. The molecule has 2 unspecified atom stereocenters. The minimum absolute atomic E-state index is 0.0884. The van der Waals surface area contributed by atoms with Gasteiger partial charge in [0.05, 0.1) is 26.4 Å². The number of carbonyl (C=O) groups excluding carboxylic acids is 1. The van der Waals surface area contributed by atoms with Crippen LogP contribution in [0.2, 0.25) is 0 Å². The van der Waals surface area contributed by atoms with E-state index in [0.717, 1.165) is 0 Å². The monoisotopic (exact) mass is 267 g/mol. The highest BCUT2D eigenvalue weighted by atomic mass is 16.5. The molecule has 2 rings (SSSR count). The Balaban J connectivity index is 2.03. The smallest absolute Gasteiger partial charge is 0.358 e.